The lowest BCUT2D eigenvalue weighted by Gasteiger charge is -2.22. The van der Waals surface area contributed by atoms with Crippen LogP contribution in [-0.4, -0.2) is 45.9 Å². The van der Waals surface area contributed by atoms with E-state index in [4.69, 9.17) is 32.4 Å². The van der Waals surface area contributed by atoms with E-state index in [1.54, 1.807) is 43.3 Å². The van der Waals surface area contributed by atoms with Crippen molar-refractivity contribution < 1.29 is 27.2 Å². The summed E-state index contributed by atoms with van der Waals surface area (Å²) >= 11 is 12.0. The van der Waals surface area contributed by atoms with Gasteiger partial charge in [-0.15, -0.1) is 0 Å². The van der Waals surface area contributed by atoms with E-state index in [0.29, 0.717) is 23.7 Å². The van der Waals surface area contributed by atoms with Gasteiger partial charge in [0, 0.05) is 10.6 Å². The molecule has 0 aliphatic heterocycles. The number of hydrogen-bond acceptors (Lipinski definition) is 7. The van der Waals surface area contributed by atoms with Crippen molar-refractivity contribution >= 4 is 57.0 Å². The van der Waals surface area contributed by atoms with Crippen LogP contribution in [0.5, 0.6) is 0 Å². The number of furan rings is 1. The lowest BCUT2D eigenvalue weighted by molar-refractivity contribution is -0.119. The first-order chi connectivity index (χ1) is 16.6. The fraction of sp³-hybridized carbons (Fsp3) is 0.174. The first-order valence-corrected chi connectivity index (χ1v) is 12.8. The fourth-order valence-corrected chi connectivity index (χ4v) is 4.25. The first kappa shape index (κ1) is 26.3. The SMILES string of the molecule is CCOC(=O)c1ccc(-c2ccc(/C=N\NC(=O)CN(c3cc(Cl)ccc3Cl)S(C)(=O)=O)o2)cc1. The van der Waals surface area contributed by atoms with Crippen molar-refractivity contribution in [3.8, 4) is 11.3 Å². The number of rotatable bonds is 9. The summed E-state index contributed by atoms with van der Waals surface area (Å²) in [6.07, 6.45) is 2.22. The predicted molar refractivity (Wildman–Crippen MR) is 134 cm³/mol. The number of hydrogen-bond donors (Lipinski definition) is 1. The van der Waals surface area contributed by atoms with Gasteiger partial charge in [0.2, 0.25) is 10.0 Å². The highest BCUT2D eigenvalue weighted by molar-refractivity contribution is 7.92. The van der Waals surface area contributed by atoms with E-state index in [1.807, 2.05) is 0 Å². The van der Waals surface area contributed by atoms with Crippen LogP contribution in [0.1, 0.15) is 23.0 Å². The van der Waals surface area contributed by atoms with E-state index in [2.05, 4.69) is 10.5 Å². The number of sulfonamides is 1. The maximum absolute atomic E-state index is 12.3. The molecule has 0 fully saturated rings. The monoisotopic (exact) mass is 537 g/mol. The van der Waals surface area contributed by atoms with Gasteiger partial charge in [-0.05, 0) is 49.4 Å². The molecule has 0 atom stereocenters. The van der Waals surface area contributed by atoms with Gasteiger partial charge in [-0.1, -0.05) is 35.3 Å². The molecular weight excluding hydrogens is 517 g/mol. The molecule has 0 aliphatic carbocycles. The Morgan fingerprint density at radius 2 is 1.83 bits per heavy atom. The number of carbonyl (C=O) groups excluding carboxylic acids is 2. The molecule has 0 radical (unpaired) electrons. The first-order valence-electron chi connectivity index (χ1n) is 10.2. The summed E-state index contributed by atoms with van der Waals surface area (Å²) in [4.78, 5) is 24.1. The third kappa shape index (κ3) is 7.08. The lowest BCUT2D eigenvalue weighted by atomic mass is 10.1. The molecule has 0 saturated heterocycles. The number of anilines is 1. The van der Waals surface area contributed by atoms with Gasteiger partial charge in [-0.3, -0.25) is 9.10 Å². The molecule has 0 bridgehead atoms. The maximum Gasteiger partial charge on any atom is 0.338 e. The van der Waals surface area contributed by atoms with Crippen LogP contribution >= 0.6 is 23.2 Å². The zero-order valence-electron chi connectivity index (χ0n) is 18.7. The number of halogens is 2. The van der Waals surface area contributed by atoms with Crippen molar-refractivity contribution in [2.24, 2.45) is 5.10 Å². The van der Waals surface area contributed by atoms with Crippen molar-refractivity contribution in [2.45, 2.75) is 6.92 Å². The van der Waals surface area contributed by atoms with Gasteiger partial charge < -0.3 is 9.15 Å². The highest BCUT2D eigenvalue weighted by atomic mass is 35.5. The smallest absolute Gasteiger partial charge is 0.338 e. The van der Waals surface area contributed by atoms with Crippen LogP contribution in [0.2, 0.25) is 10.0 Å². The minimum atomic E-state index is -3.84. The van der Waals surface area contributed by atoms with Crippen molar-refractivity contribution in [1.82, 2.24) is 5.43 Å². The molecule has 35 heavy (non-hydrogen) atoms. The number of ether oxygens (including phenoxy) is 1. The minimum absolute atomic E-state index is 0.0745. The van der Waals surface area contributed by atoms with Crippen LogP contribution in [0.3, 0.4) is 0 Å². The Labute approximate surface area is 212 Å². The number of esters is 1. The number of hydrazone groups is 1. The normalized spacial score (nSPS) is 11.4. The van der Waals surface area contributed by atoms with E-state index in [1.165, 1.54) is 24.4 Å². The second-order valence-corrected chi connectivity index (χ2v) is 9.91. The number of benzene rings is 2. The zero-order valence-corrected chi connectivity index (χ0v) is 21.0. The zero-order chi connectivity index (χ0) is 25.6. The standard InChI is InChI=1S/C23H21Cl2N3O6S/c1-3-33-23(30)16-6-4-15(5-7-16)21-11-9-18(34-21)13-26-27-22(29)14-28(35(2,31)32)20-12-17(24)8-10-19(20)25/h4-13H,3,14H2,1-2H3,(H,27,29)/b26-13-. The van der Waals surface area contributed by atoms with Gasteiger partial charge in [0.1, 0.15) is 18.1 Å². The molecule has 0 aliphatic rings. The summed E-state index contributed by atoms with van der Waals surface area (Å²) in [6, 6.07) is 14.3. The number of amides is 1. The van der Waals surface area contributed by atoms with Crippen LogP contribution in [-0.2, 0) is 19.6 Å². The Morgan fingerprint density at radius 3 is 2.49 bits per heavy atom. The molecule has 1 amide bonds. The summed E-state index contributed by atoms with van der Waals surface area (Å²) in [5.41, 5.74) is 3.48. The Kier molecular flexibility index (Phi) is 8.55. The Morgan fingerprint density at radius 1 is 1.11 bits per heavy atom. The minimum Gasteiger partial charge on any atom is -0.462 e. The van der Waals surface area contributed by atoms with Gasteiger partial charge >= 0.3 is 5.97 Å². The molecule has 0 spiro atoms. The van der Waals surface area contributed by atoms with E-state index < -0.39 is 28.4 Å². The summed E-state index contributed by atoms with van der Waals surface area (Å²) in [7, 11) is -3.84. The van der Waals surface area contributed by atoms with Crippen LogP contribution in [0.25, 0.3) is 11.3 Å². The Balaban J connectivity index is 1.65. The van der Waals surface area contributed by atoms with Crippen molar-refractivity contribution in [2.75, 3.05) is 23.7 Å². The topological polar surface area (TPSA) is 118 Å². The molecule has 0 unspecified atom stereocenters. The average Bonchev–Trinajstić information content (AvgIpc) is 3.28. The number of nitrogens with one attached hydrogen (secondary N) is 1. The third-order valence-electron chi connectivity index (χ3n) is 4.55. The van der Waals surface area contributed by atoms with Gasteiger partial charge in [0.05, 0.1) is 35.4 Å². The molecule has 2 aromatic carbocycles. The molecule has 3 rings (SSSR count). The van der Waals surface area contributed by atoms with Gasteiger partial charge in [-0.25, -0.2) is 18.6 Å². The van der Waals surface area contributed by atoms with E-state index >= 15 is 0 Å². The van der Waals surface area contributed by atoms with Crippen LogP contribution in [0.15, 0.2) is 64.1 Å². The summed E-state index contributed by atoms with van der Waals surface area (Å²) in [6.45, 7) is 1.46. The van der Waals surface area contributed by atoms with Crippen molar-refractivity contribution in [3.05, 3.63) is 76.0 Å². The molecule has 0 saturated carbocycles. The van der Waals surface area contributed by atoms with Crippen molar-refractivity contribution in [3.63, 3.8) is 0 Å². The molecule has 12 heteroatoms. The van der Waals surface area contributed by atoms with Crippen molar-refractivity contribution in [1.29, 1.82) is 0 Å². The lowest BCUT2D eigenvalue weighted by Crippen LogP contribution is -2.39. The van der Waals surface area contributed by atoms with E-state index in [9.17, 15) is 18.0 Å². The number of nitrogens with zero attached hydrogens (tertiary/aromatic N) is 2. The van der Waals surface area contributed by atoms with E-state index in [0.717, 1.165) is 16.1 Å². The number of carbonyl (C=O) groups is 2. The van der Waals surface area contributed by atoms with Crippen LogP contribution < -0.4 is 9.73 Å². The Bertz CT molecular complexity index is 1350. The quantitative estimate of drug-likeness (QED) is 0.246. The maximum atomic E-state index is 12.3. The summed E-state index contributed by atoms with van der Waals surface area (Å²) in [5, 5.41) is 4.20. The molecule has 184 valence electrons. The molecule has 3 aromatic rings. The molecule has 1 N–H and O–H groups in total. The van der Waals surface area contributed by atoms with Gasteiger partial charge in [-0.2, -0.15) is 5.10 Å². The second kappa shape index (κ2) is 11.4. The summed E-state index contributed by atoms with van der Waals surface area (Å²) < 4.78 is 35.9. The molecular formula is C23H21Cl2N3O6S. The van der Waals surface area contributed by atoms with Crippen LogP contribution in [0.4, 0.5) is 5.69 Å². The average molecular weight is 538 g/mol. The highest BCUT2D eigenvalue weighted by Gasteiger charge is 2.23. The van der Waals surface area contributed by atoms with Crippen LogP contribution in [0, 0.1) is 0 Å². The third-order valence-corrected chi connectivity index (χ3v) is 6.23. The second-order valence-electron chi connectivity index (χ2n) is 7.16. The van der Waals surface area contributed by atoms with Gasteiger partial charge in [0.25, 0.3) is 5.91 Å². The Hall–Kier alpha value is -3.34. The van der Waals surface area contributed by atoms with Gasteiger partial charge in [0.15, 0.2) is 0 Å². The highest BCUT2D eigenvalue weighted by Crippen LogP contribution is 2.30. The molecule has 1 aromatic heterocycles. The predicted octanol–water partition coefficient (Wildman–Crippen LogP) is 4.35. The largest absolute Gasteiger partial charge is 0.462 e. The summed E-state index contributed by atoms with van der Waals surface area (Å²) in [5.74, 6) is -0.252. The fourth-order valence-electron chi connectivity index (χ4n) is 2.95. The molecule has 9 nitrogen and oxygen atoms in total. The van der Waals surface area contributed by atoms with E-state index in [-0.39, 0.29) is 15.7 Å². The molecule has 1 heterocycles.